The lowest BCUT2D eigenvalue weighted by Crippen LogP contribution is -2.36. The fraction of sp³-hybridized carbons (Fsp3) is 0.765. The van der Waals surface area contributed by atoms with Crippen molar-refractivity contribution in [2.45, 2.75) is 71.6 Å². The Morgan fingerprint density at radius 2 is 1.70 bits per heavy atom. The van der Waals surface area contributed by atoms with Crippen LogP contribution < -0.4 is 20.5 Å². The highest BCUT2D eigenvalue weighted by atomic mass is 16.5. The molecule has 0 aliphatic rings. The standard InChI is InChI=1S/C17H32N4O2/c1-3-5-6-7-8-9-10-11-12-13-19-15-14-16(23-4-2)20-17(18)21(15)22/h14,19H,3-13H2,1-2H3,(H2,18,20). The quantitative estimate of drug-likeness (QED) is 0.328. The second-order valence-electron chi connectivity index (χ2n) is 5.82. The predicted octanol–water partition coefficient (Wildman–Crippen LogP) is 3.64. The van der Waals surface area contributed by atoms with E-state index in [1.807, 2.05) is 6.92 Å². The van der Waals surface area contributed by atoms with Gasteiger partial charge in [-0.2, -0.15) is 0 Å². The van der Waals surface area contributed by atoms with E-state index in [9.17, 15) is 5.21 Å². The number of nitrogens with two attached hydrogens (primary N) is 1. The van der Waals surface area contributed by atoms with Crippen LogP contribution in [0.1, 0.15) is 71.6 Å². The third-order valence-corrected chi connectivity index (χ3v) is 3.79. The number of hydrogen-bond acceptors (Lipinski definition) is 5. The van der Waals surface area contributed by atoms with Crippen molar-refractivity contribution in [2.75, 3.05) is 24.2 Å². The zero-order valence-corrected chi connectivity index (χ0v) is 14.6. The molecule has 0 aromatic carbocycles. The Kier molecular flexibility index (Phi) is 9.91. The first kappa shape index (κ1) is 19.3. The number of nitrogen functional groups attached to an aromatic ring is 1. The summed E-state index contributed by atoms with van der Waals surface area (Å²) in [5, 5.41) is 14.9. The van der Waals surface area contributed by atoms with Gasteiger partial charge in [-0.15, -0.1) is 0 Å². The van der Waals surface area contributed by atoms with Crippen LogP contribution in [0.2, 0.25) is 0 Å². The highest BCUT2D eigenvalue weighted by Crippen LogP contribution is 2.13. The molecular formula is C17H32N4O2. The van der Waals surface area contributed by atoms with Crippen LogP contribution in [0.25, 0.3) is 0 Å². The van der Waals surface area contributed by atoms with E-state index < -0.39 is 0 Å². The Morgan fingerprint density at radius 3 is 2.30 bits per heavy atom. The molecule has 3 N–H and O–H groups in total. The first-order valence-electron chi connectivity index (χ1n) is 8.95. The molecule has 0 atom stereocenters. The molecule has 1 aromatic heterocycles. The van der Waals surface area contributed by atoms with Crippen molar-refractivity contribution in [2.24, 2.45) is 0 Å². The largest absolute Gasteiger partial charge is 0.754 e. The minimum absolute atomic E-state index is 0.0921. The number of nitrogens with zero attached hydrogens (tertiary/aromatic N) is 2. The van der Waals surface area contributed by atoms with Gasteiger partial charge in [0.15, 0.2) is 0 Å². The molecule has 0 aliphatic carbocycles. The number of anilines is 2. The molecule has 0 fully saturated rings. The molecule has 6 nitrogen and oxygen atoms in total. The average Bonchev–Trinajstić information content (AvgIpc) is 2.53. The van der Waals surface area contributed by atoms with Gasteiger partial charge in [0.25, 0.3) is 5.88 Å². The van der Waals surface area contributed by atoms with Crippen molar-refractivity contribution >= 4 is 11.8 Å². The Hall–Kier alpha value is -1.72. The van der Waals surface area contributed by atoms with Gasteiger partial charge in [-0.25, -0.2) is 4.73 Å². The van der Waals surface area contributed by atoms with E-state index in [-0.39, 0.29) is 5.95 Å². The maximum absolute atomic E-state index is 11.8. The van der Waals surface area contributed by atoms with Crippen molar-refractivity contribution in [3.05, 3.63) is 11.3 Å². The van der Waals surface area contributed by atoms with Gasteiger partial charge in [0, 0.05) is 6.54 Å². The molecule has 0 amide bonds. The summed E-state index contributed by atoms with van der Waals surface area (Å²) in [5.74, 6) is 0.692. The summed E-state index contributed by atoms with van der Waals surface area (Å²) < 4.78 is 5.91. The second kappa shape index (κ2) is 11.8. The monoisotopic (exact) mass is 324 g/mol. The van der Waals surface area contributed by atoms with Gasteiger partial charge in [-0.05, 0) is 13.3 Å². The van der Waals surface area contributed by atoms with E-state index in [4.69, 9.17) is 10.5 Å². The highest BCUT2D eigenvalue weighted by molar-refractivity contribution is 5.36. The first-order chi connectivity index (χ1) is 11.2. The third-order valence-electron chi connectivity index (χ3n) is 3.79. The molecule has 23 heavy (non-hydrogen) atoms. The zero-order chi connectivity index (χ0) is 16.9. The van der Waals surface area contributed by atoms with Crippen molar-refractivity contribution in [3.63, 3.8) is 0 Å². The predicted molar refractivity (Wildman–Crippen MR) is 94.5 cm³/mol. The van der Waals surface area contributed by atoms with Crippen LogP contribution in [0.3, 0.4) is 0 Å². The molecule has 0 bridgehead atoms. The SMILES string of the molecule is CCCCCCCCCCCNc1cc(OCC)nc(N)[n+]1[O-]. The van der Waals surface area contributed by atoms with Crippen LogP contribution in [0.4, 0.5) is 11.8 Å². The molecular weight excluding hydrogens is 292 g/mol. The van der Waals surface area contributed by atoms with E-state index in [2.05, 4.69) is 17.2 Å². The van der Waals surface area contributed by atoms with E-state index >= 15 is 0 Å². The first-order valence-corrected chi connectivity index (χ1v) is 8.95. The number of unbranched alkanes of at least 4 members (excludes halogenated alkanes) is 8. The van der Waals surface area contributed by atoms with E-state index in [1.165, 1.54) is 51.4 Å². The molecule has 1 aromatic rings. The number of hydrogen-bond donors (Lipinski definition) is 2. The van der Waals surface area contributed by atoms with E-state index in [0.717, 1.165) is 13.0 Å². The summed E-state index contributed by atoms with van der Waals surface area (Å²) in [5.41, 5.74) is 5.59. The van der Waals surface area contributed by atoms with Crippen LogP contribution in [0.5, 0.6) is 5.88 Å². The summed E-state index contributed by atoms with van der Waals surface area (Å²) in [6.07, 6.45) is 11.5. The van der Waals surface area contributed by atoms with Gasteiger partial charge < -0.3 is 21.0 Å². The smallest absolute Gasteiger partial charge is 0.347 e. The Morgan fingerprint density at radius 1 is 1.09 bits per heavy atom. The lowest BCUT2D eigenvalue weighted by atomic mass is 10.1. The highest BCUT2D eigenvalue weighted by Gasteiger charge is 2.10. The maximum atomic E-state index is 11.8. The topological polar surface area (TPSA) is 87.1 Å². The van der Waals surface area contributed by atoms with E-state index in [1.54, 1.807) is 6.07 Å². The maximum Gasteiger partial charge on any atom is 0.347 e. The van der Waals surface area contributed by atoms with Gasteiger partial charge in [0.1, 0.15) is 0 Å². The molecule has 0 unspecified atom stereocenters. The second-order valence-corrected chi connectivity index (χ2v) is 5.82. The summed E-state index contributed by atoms with van der Waals surface area (Å²) in [4.78, 5) is 3.89. The summed E-state index contributed by atoms with van der Waals surface area (Å²) in [6, 6.07) is 1.60. The van der Waals surface area contributed by atoms with Crippen molar-refractivity contribution < 1.29 is 9.47 Å². The van der Waals surface area contributed by atoms with Crippen molar-refractivity contribution in [1.82, 2.24) is 4.98 Å². The van der Waals surface area contributed by atoms with Gasteiger partial charge >= 0.3 is 5.95 Å². The molecule has 0 spiro atoms. The molecule has 0 saturated carbocycles. The normalized spacial score (nSPS) is 10.7. The van der Waals surface area contributed by atoms with Crippen LogP contribution in [0, 0.1) is 5.21 Å². The zero-order valence-electron chi connectivity index (χ0n) is 14.6. The van der Waals surface area contributed by atoms with Crippen LogP contribution in [-0.2, 0) is 0 Å². The van der Waals surface area contributed by atoms with Crippen molar-refractivity contribution in [3.8, 4) is 5.88 Å². The molecule has 132 valence electrons. The number of ether oxygens (including phenoxy) is 1. The molecule has 0 aliphatic heterocycles. The van der Waals surface area contributed by atoms with Crippen molar-refractivity contribution in [1.29, 1.82) is 0 Å². The molecule has 0 radical (unpaired) electrons. The van der Waals surface area contributed by atoms with Gasteiger partial charge in [-0.1, -0.05) is 63.3 Å². The molecule has 0 saturated heterocycles. The minimum atomic E-state index is -0.0921. The fourth-order valence-electron chi connectivity index (χ4n) is 2.49. The molecule has 1 rings (SSSR count). The Labute approximate surface area is 140 Å². The lowest BCUT2D eigenvalue weighted by molar-refractivity contribution is -0.577. The molecule has 1 heterocycles. The average molecular weight is 324 g/mol. The minimum Gasteiger partial charge on any atom is -0.754 e. The summed E-state index contributed by atoms with van der Waals surface area (Å²) in [7, 11) is 0. The lowest BCUT2D eigenvalue weighted by Gasteiger charge is -2.14. The number of rotatable bonds is 13. The van der Waals surface area contributed by atoms with Crippen LogP contribution >= 0.6 is 0 Å². The van der Waals surface area contributed by atoms with Gasteiger partial charge in [0.2, 0.25) is 5.82 Å². The summed E-state index contributed by atoms with van der Waals surface area (Å²) in [6.45, 7) is 5.36. The number of nitrogens with one attached hydrogen (secondary N) is 1. The van der Waals surface area contributed by atoms with Gasteiger partial charge in [0.05, 0.1) is 12.7 Å². The van der Waals surface area contributed by atoms with Crippen LogP contribution in [-0.4, -0.2) is 18.1 Å². The summed E-state index contributed by atoms with van der Waals surface area (Å²) >= 11 is 0. The van der Waals surface area contributed by atoms with Crippen LogP contribution in [0.15, 0.2) is 6.07 Å². The van der Waals surface area contributed by atoms with Gasteiger partial charge in [-0.3, -0.25) is 0 Å². The number of aromatic nitrogens is 2. The van der Waals surface area contributed by atoms with E-state index in [0.29, 0.717) is 23.0 Å². The molecule has 6 heteroatoms. The fourth-order valence-corrected chi connectivity index (χ4v) is 2.49. The Balaban J connectivity index is 2.18. The Bertz CT molecular complexity index is 441. The third kappa shape index (κ3) is 7.90.